The Kier molecular flexibility index (Phi) is 5.07. The molecule has 1 unspecified atom stereocenters. The molecular weight excluding hydrogens is 253 g/mol. The number of hydrogen-bond acceptors (Lipinski definition) is 1. The van der Waals surface area contributed by atoms with E-state index in [9.17, 15) is 22.0 Å². The number of benzene rings is 1. The molecule has 0 fully saturated rings. The van der Waals surface area contributed by atoms with Gasteiger partial charge < -0.3 is 5.32 Å². The van der Waals surface area contributed by atoms with E-state index in [1.54, 1.807) is 6.92 Å². The zero-order valence-corrected chi connectivity index (χ0v) is 9.82. The van der Waals surface area contributed by atoms with Gasteiger partial charge in [0.25, 0.3) is 0 Å². The first-order chi connectivity index (χ1) is 8.33. The lowest BCUT2D eigenvalue weighted by atomic mass is 10.0. The van der Waals surface area contributed by atoms with Crippen molar-refractivity contribution in [3.63, 3.8) is 0 Å². The van der Waals surface area contributed by atoms with Crippen molar-refractivity contribution >= 4 is 0 Å². The van der Waals surface area contributed by atoms with Crippen LogP contribution in [0.2, 0.25) is 0 Å². The molecule has 0 aliphatic rings. The van der Waals surface area contributed by atoms with Crippen LogP contribution in [0.15, 0.2) is 18.2 Å². The van der Waals surface area contributed by atoms with Gasteiger partial charge in [-0.1, -0.05) is 13.0 Å². The molecule has 0 aliphatic carbocycles. The van der Waals surface area contributed by atoms with Gasteiger partial charge in [-0.15, -0.1) is 0 Å². The van der Waals surface area contributed by atoms with Gasteiger partial charge in [-0.25, -0.2) is 8.78 Å². The summed E-state index contributed by atoms with van der Waals surface area (Å²) in [5.41, 5.74) is 0.0579. The van der Waals surface area contributed by atoms with E-state index >= 15 is 0 Å². The quantitative estimate of drug-likeness (QED) is 0.796. The fourth-order valence-electron chi connectivity index (χ4n) is 1.71. The van der Waals surface area contributed by atoms with Crippen LogP contribution in [0.25, 0.3) is 0 Å². The fraction of sp³-hybridized carbons (Fsp3) is 0.500. The van der Waals surface area contributed by atoms with Gasteiger partial charge in [0.2, 0.25) is 0 Å². The SMILES string of the molecule is CCNC(CCC(F)(F)F)c1ccc(F)cc1F. The minimum absolute atomic E-state index is 0.0579. The highest BCUT2D eigenvalue weighted by atomic mass is 19.4. The largest absolute Gasteiger partial charge is 0.389 e. The molecule has 0 heterocycles. The second-order valence-corrected chi connectivity index (χ2v) is 3.93. The van der Waals surface area contributed by atoms with E-state index in [-0.39, 0.29) is 12.0 Å². The summed E-state index contributed by atoms with van der Waals surface area (Å²) in [6.07, 6.45) is -5.58. The van der Waals surface area contributed by atoms with Crippen molar-refractivity contribution < 1.29 is 22.0 Å². The predicted octanol–water partition coefficient (Wildman–Crippen LogP) is 3.96. The van der Waals surface area contributed by atoms with Crippen LogP contribution in [0, 0.1) is 11.6 Å². The van der Waals surface area contributed by atoms with E-state index in [1.165, 1.54) is 6.07 Å². The molecule has 18 heavy (non-hydrogen) atoms. The lowest BCUT2D eigenvalue weighted by Crippen LogP contribution is -2.24. The van der Waals surface area contributed by atoms with Crippen molar-refractivity contribution in [2.24, 2.45) is 0 Å². The van der Waals surface area contributed by atoms with Crippen LogP contribution >= 0.6 is 0 Å². The second-order valence-electron chi connectivity index (χ2n) is 3.93. The monoisotopic (exact) mass is 267 g/mol. The molecule has 1 N–H and O–H groups in total. The lowest BCUT2D eigenvalue weighted by molar-refractivity contribution is -0.136. The van der Waals surface area contributed by atoms with Crippen molar-refractivity contribution in [1.82, 2.24) is 5.32 Å². The molecule has 0 amide bonds. The Balaban J connectivity index is 2.83. The topological polar surface area (TPSA) is 12.0 Å². The van der Waals surface area contributed by atoms with Gasteiger partial charge in [-0.3, -0.25) is 0 Å². The normalized spacial score (nSPS) is 13.7. The lowest BCUT2D eigenvalue weighted by Gasteiger charge is -2.19. The number of alkyl halides is 3. The summed E-state index contributed by atoms with van der Waals surface area (Å²) in [4.78, 5) is 0. The Morgan fingerprint density at radius 3 is 2.39 bits per heavy atom. The van der Waals surface area contributed by atoms with Gasteiger partial charge in [-0.2, -0.15) is 13.2 Å². The summed E-state index contributed by atoms with van der Waals surface area (Å²) in [6.45, 7) is 2.11. The molecular formula is C12H14F5N. The first-order valence-electron chi connectivity index (χ1n) is 5.58. The molecule has 0 saturated heterocycles. The van der Waals surface area contributed by atoms with Crippen LogP contribution in [0.4, 0.5) is 22.0 Å². The first-order valence-corrected chi connectivity index (χ1v) is 5.58. The van der Waals surface area contributed by atoms with Gasteiger partial charge in [0.1, 0.15) is 11.6 Å². The van der Waals surface area contributed by atoms with Crippen molar-refractivity contribution in [2.75, 3.05) is 6.54 Å². The van der Waals surface area contributed by atoms with E-state index in [0.29, 0.717) is 12.6 Å². The minimum Gasteiger partial charge on any atom is -0.310 e. The number of rotatable bonds is 5. The number of hydrogen-bond donors (Lipinski definition) is 1. The summed E-state index contributed by atoms with van der Waals surface area (Å²) in [5, 5.41) is 2.77. The average molecular weight is 267 g/mol. The molecule has 0 saturated carbocycles. The standard InChI is InChI=1S/C12H14F5N/c1-2-18-11(5-6-12(15,16)17)9-4-3-8(13)7-10(9)14/h3-4,7,11,18H,2,5-6H2,1H3. The van der Waals surface area contributed by atoms with E-state index in [1.807, 2.05) is 0 Å². The molecule has 1 atom stereocenters. The highest BCUT2D eigenvalue weighted by molar-refractivity contribution is 5.22. The maximum absolute atomic E-state index is 13.5. The van der Waals surface area contributed by atoms with Crippen LogP contribution < -0.4 is 5.32 Å². The Hall–Kier alpha value is -1.17. The van der Waals surface area contributed by atoms with E-state index in [4.69, 9.17) is 0 Å². The van der Waals surface area contributed by atoms with Crippen LogP contribution in [-0.4, -0.2) is 12.7 Å². The summed E-state index contributed by atoms with van der Waals surface area (Å²) in [7, 11) is 0. The van der Waals surface area contributed by atoms with E-state index in [2.05, 4.69) is 5.32 Å². The molecule has 1 aromatic rings. The molecule has 1 aromatic carbocycles. The van der Waals surface area contributed by atoms with Crippen molar-refractivity contribution in [3.8, 4) is 0 Å². The summed E-state index contributed by atoms with van der Waals surface area (Å²) in [5.74, 6) is -1.58. The van der Waals surface area contributed by atoms with Crippen LogP contribution in [0.1, 0.15) is 31.4 Å². The highest BCUT2D eigenvalue weighted by Crippen LogP contribution is 2.28. The summed E-state index contributed by atoms with van der Waals surface area (Å²) >= 11 is 0. The number of nitrogens with one attached hydrogen (secondary N) is 1. The van der Waals surface area contributed by atoms with Crippen LogP contribution in [-0.2, 0) is 0 Å². The minimum atomic E-state index is -4.29. The Labute approximate surface area is 102 Å². The third-order valence-corrected chi connectivity index (χ3v) is 2.50. The third-order valence-electron chi connectivity index (χ3n) is 2.50. The molecule has 0 radical (unpaired) electrons. The van der Waals surface area contributed by atoms with E-state index in [0.717, 1.165) is 6.07 Å². The molecule has 0 aromatic heterocycles. The zero-order chi connectivity index (χ0) is 13.8. The van der Waals surface area contributed by atoms with Gasteiger partial charge in [0.05, 0.1) is 0 Å². The first kappa shape index (κ1) is 14.9. The Bertz CT molecular complexity index is 389. The van der Waals surface area contributed by atoms with Gasteiger partial charge >= 0.3 is 6.18 Å². The zero-order valence-electron chi connectivity index (χ0n) is 9.82. The second kappa shape index (κ2) is 6.13. The molecule has 0 spiro atoms. The molecule has 1 rings (SSSR count). The fourth-order valence-corrected chi connectivity index (χ4v) is 1.71. The van der Waals surface area contributed by atoms with Crippen molar-refractivity contribution in [1.29, 1.82) is 0 Å². The Morgan fingerprint density at radius 1 is 1.22 bits per heavy atom. The maximum Gasteiger partial charge on any atom is 0.389 e. The summed E-state index contributed by atoms with van der Waals surface area (Å²) in [6, 6.07) is 2.12. The predicted molar refractivity (Wildman–Crippen MR) is 58.1 cm³/mol. The van der Waals surface area contributed by atoms with Gasteiger partial charge in [-0.05, 0) is 19.0 Å². The molecule has 6 heteroatoms. The molecule has 102 valence electrons. The highest BCUT2D eigenvalue weighted by Gasteiger charge is 2.29. The van der Waals surface area contributed by atoms with Gasteiger partial charge in [0, 0.05) is 24.1 Å². The van der Waals surface area contributed by atoms with Crippen LogP contribution in [0.5, 0.6) is 0 Å². The van der Waals surface area contributed by atoms with Crippen molar-refractivity contribution in [2.45, 2.75) is 32.0 Å². The van der Waals surface area contributed by atoms with Crippen molar-refractivity contribution in [3.05, 3.63) is 35.4 Å². The van der Waals surface area contributed by atoms with Gasteiger partial charge in [0.15, 0.2) is 0 Å². The molecule has 0 bridgehead atoms. The van der Waals surface area contributed by atoms with E-state index < -0.39 is 30.3 Å². The maximum atomic E-state index is 13.5. The Morgan fingerprint density at radius 2 is 1.89 bits per heavy atom. The molecule has 1 nitrogen and oxygen atoms in total. The number of halogens is 5. The van der Waals surface area contributed by atoms with Crippen LogP contribution in [0.3, 0.4) is 0 Å². The average Bonchev–Trinajstić information content (AvgIpc) is 2.24. The third kappa shape index (κ3) is 4.60. The molecule has 0 aliphatic heterocycles. The summed E-state index contributed by atoms with van der Waals surface area (Å²) < 4.78 is 62.7. The smallest absolute Gasteiger partial charge is 0.310 e.